The summed E-state index contributed by atoms with van der Waals surface area (Å²) < 4.78 is 11.5. The minimum atomic E-state index is -0.508. The van der Waals surface area contributed by atoms with Gasteiger partial charge in [-0.05, 0) is 36.4 Å². The van der Waals surface area contributed by atoms with E-state index in [-0.39, 0.29) is 25.0 Å². The van der Waals surface area contributed by atoms with Crippen LogP contribution in [0.15, 0.2) is 59.1 Å². The zero-order chi connectivity index (χ0) is 22.9. The molecule has 0 radical (unpaired) electrons. The summed E-state index contributed by atoms with van der Waals surface area (Å²) in [5.74, 6) is -1.27. The van der Waals surface area contributed by atoms with Crippen LogP contribution < -0.4 is 4.90 Å². The lowest BCUT2D eigenvalue weighted by Crippen LogP contribution is -2.42. The summed E-state index contributed by atoms with van der Waals surface area (Å²) in [5, 5.41) is 1.56. The molecule has 0 unspecified atom stereocenters. The number of carbonyl (C=O) groups is 3. The molecule has 0 spiro atoms. The molecule has 1 saturated heterocycles. The molecular formula is C25H21BrN2O5. The van der Waals surface area contributed by atoms with Gasteiger partial charge in [0.2, 0.25) is 0 Å². The normalized spacial score (nSPS) is 15.8. The molecule has 0 aliphatic carbocycles. The van der Waals surface area contributed by atoms with Crippen molar-refractivity contribution in [2.24, 2.45) is 0 Å². The molecule has 0 bridgehead atoms. The van der Waals surface area contributed by atoms with Gasteiger partial charge in [-0.1, -0.05) is 34.1 Å². The quantitative estimate of drug-likeness (QED) is 0.384. The van der Waals surface area contributed by atoms with Gasteiger partial charge in [0.1, 0.15) is 6.61 Å². The lowest BCUT2D eigenvalue weighted by Gasteiger charge is -2.32. The van der Waals surface area contributed by atoms with E-state index >= 15 is 0 Å². The lowest BCUT2D eigenvalue weighted by atomic mass is 9.92. The second-order valence-corrected chi connectivity index (χ2v) is 8.78. The Morgan fingerprint density at radius 3 is 2.45 bits per heavy atom. The third-order valence-corrected chi connectivity index (χ3v) is 6.42. The Hall–Kier alpha value is -3.23. The second-order valence-electron chi connectivity index (χ2n) is 7.87. The van der Waals surface area contributed by atoms with E-state index in [1.165, 1.54) is 0 Å². The average molecular weight is 509 g/mol. The first-order chi connectivity index (χ1) is 16.0. The maximum Gasteiger partial charge on any atom is 0.338 e. The first-order valence-corrected chi connectivity index (χ1v) is 11.5. The van der Waals surface area contributed by atoms with E-state index < -0.39 is 5.97 Å². The number of anilines is 1. The van der Waals surface area contributed by atoms with Crippen LogP contribution in [0.1, 0.15) is 31.1 Å². The predicted octanol–water partition coefficient (Wildman–Crippen LogP) is 3.89. The molecule has 2 aliphatic heterocycles. The van der Waals surface area contributed by atoms with Crippen LogP contribution in [-0.2, 0) is 9.47 Å². The van der Waals surface area contributed by atoms with E-state index in [1.807, 2.05) is 24.3 Å². The lowest BCUT2D eigenvalue weighted by molar-refractivity contribution is 0.0405. The summed E-state index contributed by atoms with van der Waals surface area (Å²) in [6, 6.07) is 16.1. The number of morpholine rings is 1. The highest BCUT2D eigenvalue weighted by Crippen LogP contribution is 2.36. The Kier molecular flexibility index (Phi) is 5.86. The largest absolute Gasteiger partial charge is 0.460 e. The molecule has 5 rings (SSSR count). The predicted molar refractivity (Wildman–Crippen MR) is 127 cm³/mol. The molecule has 2 amide bonds. The molecule has 8 heteroatoms. The zero-order valence-corrected chi connectivity index (χ0v) is 19.3. The number of hydrogen-bond donors (Lipinski definition) is 0. The van der Waals surface area contributed by atoms with Gasteiger partial charge in [0, 0.05) is 45.1 Å². The van der Waals surface area contributed by atoms with Gasteiger partial charge in [-0.2, -0.15) is 0 Å². The number of imide groups is 1. The number of hydrogen-bond acceptors (Lipinski definition) is 6. The van der Waals surface area contributed by atoms with Gasteiger partial charge in [0.25, 0.3) is 11.8 Å². The Morgan fingerprint density at radius 2 is 1.70 bits per heavy atom. The highest BCUT2D eigenvalue weighted by Gasteiger charge is 2.33. The molecular weight excluding hydrogens is 488 g/mol. The molecule has 3 aromatic carbocycles. The van der Waals surface area contributed by atoms with E-state index in [2.05, 4.69) is 20.8 Å². The van der Waals surface area contributed by atoms with Crippen LogP contribution in [-0.4, -0.2) is 62.1 Å². The van der Waals surface area contributed by atoms with Crippen LogP contribution in [0.5, 0.6) is 0 Å². The molecule has 0 atom stereocenters. The number of amides is 2. The summed E-state index contributed by atoms with van der Waals surface area (Å²) in [5.41, 5.74) is 2.35. The highest BCUT2D eigenvalue weighted by molar-refractivity contribution is 9.10. The maximum atomic E-state index is 13.2. The van der Waals surface area contributed by atoms with Crippen molar-refractivity contribution >= 4 is 50.2 Å². The maximum absolute atomic E-state index is 13.2. The smallest absolute Gasteiger partial charge is 0.338 e. The van der Waals surface area contributed by atoms with Crippen molar-refractivity contribution in [1.82, 2.24) is 4.90 Å². The van der Waals surface area contributed by atoms with Crippen molar-refractivity contribution in [2.45, 2.75) is 0 Å². The van der Waals surface area contributed by atoms with Crippen LogP contribution in [0, 0.1) is 0 Å². The molecule has 168 valence electrons. The second kappa shape index (κ2) is 8.96. The molecule has 3 aromatic rings. The SMILES string of the molecule is O=C(OCCN1C(=O)c2cccc3c(N4CCOCC4)ccc(c23)C1=O)c1cccc(Br)c1. The zero-order valence-electron chi connectivity index (χ0n) is 17.8. The van der Waals surface area contributed by atoms with Gasteiger partial charge in [-0.25, -0.2) is 4.79 Å². The average Bonchev–Trinajstić information content (AvgIpc) is 2.84. The van der Waals surface area contributed by atoms with Gasteiger partial charge >= 0.3 is 5.97 Å². The van der Waals surface area contributed by atoms with Crippen molar-refractivity contribution in [3.63, 3.8) is 0 Å². The number of esters is 1. The van der Waals surface area contributed by atoms with Crippen LogP contribution in [0.3, 0.4) is 0 Å². The minimum absolute atomic E-state index is 0.0154. The summed E-state index contributed by atoms with van der Waals surface area (Å²) in [7, 11) is 0. The summed E-state index contributed by atoms with van der Waals surface area (Å²) in [6.07, 6.45) is 0. The Balaban J connectivity index is 1.38. The van der Waals surface area contributed by atoms with Crippen molar-refractivity contribution in [3.05, 3.63) is 75.8 Å². The topological polar surface area (TPSA) is 76.2 Å². The van der Waals surface area contributed by atoms with E-state index in [9.17, 15) is 14.4 Å². The Morgan fingerprint density at radius 1 is 0.970 bits per heavy atom. The number of benzene rings is 3. The van der Waals surface area contributed by atoms with Crippen LogP contribution in [0.25, 0.3) is 10.8 Å². The van der Waals surface area contributed by atoms with E-state index in [4.69, 9.17) is 9.47 Å². The first-order valence-electron chi connectivity index (χ1n) is 10.7. The van der Waals surface area contributed by atoms with Crippen molar-refractivity contribution in [2.75, 3.05) is 44.4 Å². The highest BCUT2D eigenvalue weighted by atomic mass is 79.9. The van der Waals surface area contributed by atoms with Gasteiger partial charge in [0.05, 0.1) is 25.3 Å². The third-order valence-electron chi connectivity index (χ3n) is 5.93. The van der Waals surface area contributed by atoms with E-state index in [0.29, 0.717) is 35.3 Å². The Labute approximate surface area is 199 Å². The number of rotatable bonds is 5. The summed E-state index contributed by atoms with van der Waals surface area (Å²) in [4.78, 5) is 42.1. The van der Waals surface area contributed by atoms with Crippen LogP contribution in [0.2, 0.25) is 0 Å². The minimum Gasteiger partial charge on any atom is -0.460 e. The summed E-state index contributed by atoms with van der Waals surface area (Å²) in [6.45, 7) is 2.71. The number of carbonyl (C=O) groups excluding carboxylic acids is 3. The van der Waals surface area contributed by atoms with Gasteiger partial charge in [-0.15, -0.1) is 0 Å². The fourth-order valence-electron chi connectivity index (χ4n) is 4.34. The van der Waals surface area contributed by atoms with Crippen LogP contribution >= 0.6 is 15.9 Å². The Bertz CT molecular complexity index is 1250. The molecule has 0 saturated carbocycles. The molecule has 0 N–H and O–H groups in total. The molecule has 2 aliphatic rings. The monoisotopic (exact) mass is 508 g/mol. The molecule has 0 aromatic heterocycles. The molecule has 1 fully saturated rings. The summed E-state index contributed by atoms with van der Waals surface area (Å²) >= 11 is 3.32. The molecule has 33 heavy (non-hydrogen) atoms. The standard InChI is InChI=1S/C25H21BrN2O5/c26-17-4-1-3-16(15-17)25(31)33-14-11-28-23(29)19-6-2-5-18-21(27-9-12-32-13-10-27)8-7-20(22(18)19)24(28)30/h1-8,15H,9-14H2. The van der Waals surface area contributed by atoms with Crippen molar-refractivity contribution in [3.8, 4) is 0 Å². The van der Waals surface area contributed by atoms with Crippen molar-refractivity contribution < 1.29 is 23.9 Å². The fraction of sp³-hybridized carbons (Fsp3) is 0.240. The first kappa shape index (κ1) is 21.6. The van der Waals surface area contributed by atoms with Crippen LogP contribution in [0.4, 0.5) is 5.69 Å². The van der Waals surface area contributed by atoms with E-state index in [1.54, 1.807) is 30.3 Å². The number of ether oxygens (including phenoxy) is 2. The molecule has 7 nitrogen and oxygen atoms in total. The third kappa shape index (κ3) is 4.00. The van der Waals surface area contributed by atoms with Gasteiger partial charge in [-0.3, -0.25) is 14.5 Å². The number of nitrogens with zero attached hydrogens (tertiary/aromatic N) is 2. The van der Waals surface area contributed by atoms with Gasteiger partial charge in [0.15, 0.2) is 0 Å². The molecule has 2 heterocycles. The van der Waals surface area contributed by atoms with E-state index in [0.717, 1.165) is 33.5 Å². The van der Waals surface area contributed by atoms with Gasteiger partial charge < -0.3 is 14.4 Å². The number of halogens is 1. The van der Waals surface area contributed by atoms with Crippen molar-refractivity contribution in [1.29, 1.82) is 0 Å². The fourth-order valence-corrected chi connectivity index (χ4v) is 4.74.